The fourth-order valence-electron chi connectivity index (χ4n) is 2.08. The van der Waals surface area contributed by atoms with Crippen molar-refractivity contribution in [2.75, 3.05) is 99.6 Å². The van der Waals surface area contributed by atoms with Crippen LogP contribution in [0.1, 0.15) is 27.2 Å². The summed E-state index contributed by atoms with van der Waals surface area (Å²) in [6, 6.07) is 0. The Labute approximate surface area is 197 Å². The maximum atomic E-state index is 11.5. The van der Waals surface area contributed by atoms with E-state index in [0.717, 1.165) is 0 Å². The molecule has 196 valence electrons. The van der Waals surface area contributed by atoms with Crippen LogP contribution >= 0.6 is 0 Å². The smallest absolute Gasteiger partial charge is 0.331 e. The monoisotopic (exact) mass is 482 g/mol. The number of methoxy groups -OCH3 is 1. The van der Waals surface area contributed by atoms with Crippen LogP contribution in [-0.4, -0.2) is 117 Å². The fourth-order valence-corrected chi connectivity index (χ4v) is 2.08. The van der Waals surface area contributed by atoms with Crippen molar-refractivity contribution in [1.29, 1.82) is 0 Å². The Balaban J connectivity index is 3.13. The number of hydrogen-bond donors (Lipinski definition) is 0. The van der Waals surface area contributed by atoms with E-state index in [1.54, 1.807) is 0 Å². The molecule has 0 amide bonds. The Morgan fingerprint density at radius 2 is 0.848 bits per heavy atom. The number of carbonyl (C=O) groups excluding carboxylic acids is 2. The third-order valence-electron chi connectivity index (χ3n) is 3.55. The summed E-state index contributed by atoms with van der Waals surface area (Å²) in [5.74, 6) is -0.678. The second kappa shape index (κ2) is 22.5. The zero-order chi connectivity index (χ0) is 24.6. The molecule has 0 N–H and O–H groups in total. The first kappa shape index (κ1) is 31.7. The molecule has 0 spiro atoms. The Hall–Kier alpha value is -1.34. The molecule has 0 aromatic carbocycles. The van der Waals surface area contributed by atoms with Crippen LogP contribution in [-0.2, 0) is 52.2 Å². The molecule has 0 aliphatic heterocycles. The highest BCUT2D eigenvalue weighted by Gasteiger charge is 2.15. The molecule has 0 aliphatic rings. The zero-order valence-electron chi connectivity index (χ0n) is 20.6. The van der Waals surface area contributed by atoms with Crippen molar-refractivity contribution in [1.82, 2.24) is 0 Å². The molecule has 0 aromatic rings. The molecular weight excluding hydrogens is 440 g/mol. The molecule has 0 aliphatic carbocycles. The number of esters is 2. The van der Waals surface area contributed by atoms with Crippen molar-refractivity contribution in [3.8, 4) is 0 Å². The van der Waals surface area contributed by atoms with Crippen LogP contribution < -0.4 is 0 Å². The molecule has 0 bridgehead atoms. The quantitative estimate of drug-likeness (QED) is 0.153. The predicted octanol–water partition coefficient (Wildman–Crippen LogP) is 1.01. The van der Waals surface area contributed by atoms with Crippen molar-refractivity contribution in [3.05, 3.63) is 0 Å². The number of carbonyl (C=O) groups is 2. The van der Waals surface area contributed by atoms with Gasteiger partial charge in [-0.2, -0.15) is 0 Å². The van der Waals surface area contributed by atoms with E-state index in [-0.39, 0.29) is 19.0 Å². The molecule has 0 saturated carbocycles. The van der Waals surface area contributed by atoms with Crippen molar-refractivity contribution in [3.63, 3.8) is 0 Å². The van der Waals surface area contributed by atoms with E-state index in [2.05, 4.69) is 4.74 Å². The maximum Gasteiger partial charge on any atom is 0.331 e. The van der Waals surface area contributed by atoms with E-state index >= 15 is 0 Å². The Morgan fingerprint density at radius 3 is 1.18 bits per heavy atom. The van der Waals surface area contributed by atoms with E-state index in [1.807, 2.05) is 20.8 Å². The lowest BCUT2D eigenvalue weighted by Gasteiger charge is -2.19. The summed E-state index contributed by atoms with van der Waals surface area (Å²) in [6.45, 7) is 11.0. The van der Waals surface area contributed by atoms with Crippen molar-refractivity contribution in [2.45, 2.75) is 32.8 Å². The summed E-state index contributed by atoms with van der Waals surface area (Å²) in [6.07, 6.45) is 0.231. The minimum Gasteiger partial charge on any atom is -0.467 e. The predicted molar refractivity (Wildman–Crippen MR) is 118 cm³/mol. The molecule has 0 heterocycles. The molecule has 0 fully saturated rings. The lowest BCUT2D eigenvalue weighted by atomic mass is 10.2. The molecule has 11 heteroatoms. The number of rotatable bonds is 23. The molecule has 33 heavy (non-hydrogen) atoms. The van der Waals surface area contributed by atoms with Gasteiger partial charge in [0.05, 0.1) is 99.4 Å². The molecule has 0 aromatic heterocycles. The maximum absolute atomic E-state index is 11.5. The molecule has 11 nitrogen and oxygen atoms in total. The van der Waals surface area contributed by atoms with Gasteiger partial charge in [0.1, 0.15) is 12.2 Å². The Kier molecular flexibility index (Phi) is 21.5. The standard InChI is InChI=1S/C22H42O11/c1-22(2,3)33-20(23)5-6-26-7-8-27-9-10-28-11-12-29-13-14-30-15-16-31-17-18-32-19-21(24)25-4/h5-19H2,1-4H3. The second-order valence-corrected chi connectivity index (χ2v) is 7.64. The molecule has 0 rings (SSSR count). The van der Waals surface area contributed by atoms with Crippen LogP contribution in [0.25, 0.3) is 0 Å². The van der Waals surface area contributed by atoms with Gasteiger partial charge in [0.25, 0.3) is 0 Å². The van der Waals surface area contributed by atoms with Gasteiger partial charge in [-0.15, -0.1) is 0 Å². The molecule has 0 unspecified atom stereocenters. The highest BCUT2D eigenvalue weighted by molar-refractivity contribution is 5.70. The molecular formula is C22H42O11. The van der Waals surface area contributed by atoms with E-state index in [9.17, 15) is 9.59 Å². The lowest BCUT2D eigenvalue weighted by molar-refractivity contribution is -0.156. The second-order valence-electron chi connectivity index (χ2n) is 7.64. The highest BCUT2D eigenvalue weighted by atomic mass is 16.6. The largest absolute Gasteiger partial charge is 0.467 e. The first-order chi connectivity index (χ1) is 15.8. The minimum absolute atomic E-state index is 0.0713. The topological polar surface area (TPSA) is 117 Å². The van der Waals surface area contributed by atoms with Gasteiger partial charge >= 0.3 is 11.9 Å². The average molecular weight is 483 g/mol. The molecule has 0 saturated heterocycles. The minimum atomic E-state index is -0.472. The van der Waals surface area contributed by atoms with E-state index in [0.29, 0.717) is 85.9 Å². The van der Waals surface area contributed by atoms with Crippen LogP contribution in [0.2, 0.25) is 0 Å². The van der Waals surface area contributed by atoms with Crippen LogP contribution in [0.4, 0.5) is 0 Å². The molecule has 0 atom stereocenters. The van der Waals surface area contributed by atoms with Gasteiger partial charge in [-0.3, -0.25) is 4.79 Å². The van der Waals surface area contributed by atoms with Crippen LogP contribution in [0.5, 0.6) is 0 Å². The highest BCUT2D eigenvalue weighted by Crippen LogP contribution is 2.07. The van der Waals surface area contributed by atoms with Crippen LogP contribution in [0, 0.1) is 0 Å². The van der Waals surface area contributed by atoms with E-state index in [1.165, 1.54) is 7.11 Å². The summed E-state index contributed by atoms with van der Waals surface area (Å²) in [5, 5.41) is 0. The summed E-state index contributed by atoms with van der Waals surface area (Å²) < 4.78 is 46.8. The van der Waals surface area contributed by atoms with Gasteiger partial charge in [-0.1, -0.05) is 0 Å². The average Bonchev–Trinajstić information content (AvgIpc) is 2.75. The van der Waals surface area contributed by atoms with Gasteiger partial charge in [0.15, 0.2) is 0 Å². The van der Waals surface area contributed by atoms with Gasteiger partial charge < -0.3 is 42.6 Å². The first-order valence-corrected chi connectivity index (χ1v) is 11.2. The summed E-state index contributed by atoms with van der Waals surface area (Å²) in [4.78, 5) is 22.3. The normalized spacial score (nSPS) is 11.5. The van der Waals surface area contributed by atoms with Crippen molar-refractivity contribution in [2.24, 2.45) is 0 Å². The van der Waals surface area contributed by atoms with Crippen LogP contribution in [0.3, 0.4) is 0 Å². The Bertz CT molecular complexity index is 466. The SMILES string of the molecule is COC(=O)COCCOCCOCCOCCOCCOCCOCCC(=O)OC(C)(C)C. The zero-order valence-corrected chi connectivity index (χ0v) is 20.6. The summed E-state index contributed by atoms with van der Waals surface area (Å²) in [7, 11) is 1.31. The van der Waals surface area contributed by atoms with E-state index in [4.69, 9.17) is 37.9 Å². The third-order valence-corrected chi connectivity index (χ3v) is 3.55. The number of hydrogen-bond acceptors (Lipinski definition) is 11. The number of ether oxygens (including phenoxy) is 9. The van der Waals surface area contributed by atoms with Gasteiger partial charge in [-0.05, 0) is 20.8 Å². The molecule has 0 radical (unpaired) electrons. The van der Waals surface area contributed by atoms with Gasteiger partial charge in [0, 0.05) is 0 Å². The van der Waals surface area contributed by atoms with Crippen molar-refractivity contribution >= 4 is 11.9 Å². The fraction of sp³-hybridized carbons (Fsp3) is 0.909. The summed E-state index contributed by atoms with van der Waals surface area (Å²) >= 11 is 0. The van der Waals surface area contributed by atoms with Gasteiger partial charge in [0.2, 0.25) is 0 Å². The van der Waals surface area contributed by atoms with Crippen LogP contribution in [0.15, 0.2) is 0 Å². The van der Waals surface area contributed by atoms with Crippen molar-refractivity contribution < 1.29 is 52.2 Å². The lowest BCUT2D eigenvalue weighted by Crippen LogP contribution is -2.24. The Morgan fingerprint density at radius 1 is 0.515 bits per heavy atom. The first-order valence-electron chi connectivity index (χ1n) is 11.2. The van der Waals surface area contributed by atoms with E-state index < -0.39 is 11.6 Å². The van der Waals surface area contributed by atoms with Gasteiger partial charge in [-0.25, -0.2) is 4.79 Å². The third kappa shape index (κ3) is 26.8. The summed E-state index contributed by atoms with van der Waals surface area (Å²) in [5.41, 5.74) is -0.472.